The first-order chi connectivity index (χ1) is 11.2. The van der Waals surface area contributed by atoms with E-state index in [0.29, 0.717) is 5.96 Å². The number of anilines is 1. The van der Waals surface area contributed by atoms with Crippen LogP contribution >= 0.6 is 24.0 Å². The summed E-state index contributed by atoms with van der Waals surface area (Å²) >= 11 is 0. The van der Waals surface area contributed by atoms with Gasteiger partial charge in [-0.25, -0.2) is 4.99 Å². The third-order valence-corrected chi connectivity index (χ3v) is 4.35. The minimum Gasteiger partial charge on any atom is -0.370 e. The molecule has 0 saturated carbocycles. The fourth-order valence-electron chi connectivity index (χ4n) is 2.97. The van der Waals surface area contributed by atoms with E-state index in [-0.39, 0.29) is 36.4 Å². The van der Waals surface area contributed by atoms with Crippen LogP contribution in [0.15, 0.2) is 23.2 Å². The average molecular weight is 444 g/mol. The Kier molecular flexibility index (Phi) is 9.10. The van der Waals surface area contributed by atoms with Gasteiger partial charge in [0.2, 0.25) is 5.91 Å². The van der Waals surface area contributed by atoms with Crippen LogP contribution in [0.4, 0.5) is 5.69 Å². The molecule has 1 fully saturated rings. The molecule has 1 aliphatic heterocycles. The summed E-state index contributed by atoms with van der Waals surface area (Å²) in [4.78, 5) is 18.3. The topological polar surface area (TPSA) is 70.7 Å². The fraction of sp³-hybridized carbons (Fsp3) is 0.556. The molecule has 1 aromatic rings. The summed E-state index contributed by atoms with van der Waals surface area (Å²) < 4.78 is 0. The summed E-state index contributed by atoms with van der Waals surface area (Å²) in [6, 6.07) is 6.25. The van der Waals surface area contributed by atoms with Crippen LogP contribution in [0.25, 0.3) is 0 Å². The highest BCUT2D eigenvalue weighted by Gasteiger charge is 2.16. The van der Waals surface area contributed by atoms with Crippen LogP contribution in [0.2, 0.25) is 0 Å². The third-order valence-electron chi connectivity index (χ3n) is 4.35. The third kappa shape index (κ3) is 5.65. The second-order valence-corrected chi connectivity index (χ2v) is 5.93. The van der Waals surface area contributed by atoms with E-state index >= 15 is 0 Å². The lowest BCUT2D eigenvalue weighted by molar-refractivity contribution is -0.130. The van der Waals surface area contributed by atoms with Crippen LogP contribution in [0.5, 0.6) is 0 Å². The van der Waals surface area contributed by atoms with E-state index in [2.05, 4.69) is 42.4 Å². The van der Waals surface area contributed by atoms with Gasteiger partial charge in [-0.2, -0.15) is 0 Å². The molecule has 134 valence electrons. The Labute approximate surface area is 162 Å². The summed E-state index contributed by atoms with van der Waals surface area (Å²) in [6.07, 6.45) is 5.25. The highest BCUT2D eigenvalue weighted by atomic mass is 127. The molecule has 0 unspecified atom stereocenters. The summed E-state index contributed by atoms with van der Waals surface area (Å²) in [6.45, 7) is 6.05. The van der Waals surface area contributed by atoms with Gasteiger partial charge in [0.1, 0.15) is 6.54 Å². The van der Waals surface area contributed by atoms with Crippen molar-refractivity contribution in [3.05, 3.63) is 29.3 Å². The van der Waals surface area contributed by atoms with Crippen LogP contribution in [-0.4, -0.2) is 36.4 Å². The van der Waals surface area contributed by atoms with Gasteiger partial charge in [-0.1, -0.05) is 32.0 Å². The summed E-state index contributed by atoms with van der Waals surface area (Å²) in [5, 5.41) is 3.20. The Balaban J connectivity index is 0.00000288. The van der Waals surface area contributed by atoms with E-state index in [0.717, 1.165) is 44.5 Å². The lowest BCUT2D eigenvalue weighted by Crippen LogP contribution is -2.37. The second-order valence-electron chi connectivity index (χ2n) is 5.93. The Morgan fingerprint density at radius 2 is 1.75 bits per heavy atom. The first kappa shape index (κ1) is 20.7. The highest BCUT2D eigenvalue weighted by molar-refractivity contribution is 14.0. The molecule has 0 atom stereocenters. The lowest BCUT2D eigenvalue weighted by Gasteiger charge is -2.26. The van der Waals surface area contributed by atoms with Crippen LogP contribution in [-0.2, 0) is 17.6 Å². The van der Waals surface area contributed by atoms with E-state index in [1.807, 2.05) is 4.90 Å². The number of rotatable bonds is 5. The van der Waals surface area contributed by atoms with Crippen molar-refractivity contribution < 1.29 is 4.79 Å². The van der Waals surface area contributed by atoms with Gasteiger partial charge >= 0.3 is 0 Å². The number of piperidine rings is 1. The van der Waals surface area contributed by atoms with E-state index in [1.54, 1.807) is 0 Å². The van der Waals surface area contributed by atoms with E-state index < -0.39 is 0 Å². The van der Waals surface area contributed by atoms with E-state index in [4.69, 9.17) is 5.73 Å². The summed E-state index contributed by atoms with van der Waals surface area (Å²) in [7, 11) is 0. The average Bonchev–Trinajstić information content (AvgIpc) is 2.60. The molecule has 1 amide bonds. The van der Waals surface area contributed by atoms with E-state index in [1.165, 1.54) is 17.5 Å². The number of aryl methyl sites for hydroxylation is 2. The summed E-state index contributed by atoms with van der Waals surface area (Å²) in [5.41, 5.74) is 9.46. The number of halogens is 1. The highest BCUT2D eigenvalue weighted by Crippen LogP contribution is 2.22. The van der Waals surface area contributed by atoms with Gasteiger partial charge in [0, 0.05) is 18.8 Å². The van der Waals surface area contributed by atoms with Gasteiger partial charge < -0.3 is 16.0 Å². The van der Waals surface area contributed by atoms with Gasteiger partial charge in [-0.15, -0.1) is 24.0 Å². The molecule has 6 heteroatoms. The van der Waals surface area contributed by atoms with Crippen LogP contribution < -0.4 is 11.1 Å². The molecule has 0 radical (unpaired) electrons. The maximum absolute atomic E-state index is 12.1. The second kappa shape index (κ2) is 10.5. The standard InChI is InChI=1S/C18H28N4O.HI/c1-3-14-9-8-10-15(4-2)17(14)21-18(19)20-13-16(23)22-11-6-5-7-12-22;/h8-10H,3-7,11-13H2,1-2H3,(H3,19,20,21);1H. The van der Waals surface area contributed by atoms with Gasteiger partial charge in [-0.05, 0) is 43.2 Å². The van der Waals surface area contributed by atoms with Gasteiger partial charge in [-0.3, -0.25) is 4.79 Å². The molecular weight excluding hydrogens is 415 g/mol. The number of carbonyl (C=O) groups is 1. The molecule has 3 N–H and O–H groups in total. The van der Waals surface area contributed by atoms with Crippen LogP contribution in [0, 0.1) is 0 Å². The molecule has 1 saturated heterocycles. The SMILES string of the molecule is CCc1cccc(CC)c1NC(N)=NCC(=O)N1CCCCC1.I. The Bertz CT molecular complexity index is 546. The van der Waals surface area contributed by atoms with Crippen LogP contribution in [0.3, 0.4) is 0 Å². The number of hydrogen-bond donors (Lipinski definition) is 2. The molecule has 0 aromatic heterocycles. The number of para-hydroxylation sites is 1. The molecule has 1 aliphatic rings. The number of carbonyl (C=O) groups excluding carboxylic acids is 1. The number of nitrogens with zero attached hydrogens (tertiary/aromatic N) is 2. The van der Waals surface area contributed by atoms with E-state index in [9.17, 15) is 4.79 Å². The zero-order valence-corrected chi connectivity index (χ0v) is 17.0. The molecule has 0 spiro atoms. The van der Waals surface area contributed by atoms with Crippen molar-refractivity contribution >= 4 is 41.5 Å². The van der Waals surface area contributed by atoms with Crippen molar-refractivity contribution in [2.45, 2.75) is 46.0 Å². The normalized spacial score (nSPS) is 14.9. The molecule has 5 nitrogen and oxygen atoms in total. The number of likely N-dealkylation sites (tertiary alicyclic amines) is 1. The van der Waals surface area contributed by atoms with Gasteiger partial charge in [0.05, 0.1) is 0 Å². The predicted molar refractivity (Wildman–Crippen MR) is 111 cm³/mol. The quantitative estimate of drug-likeness (QED) is 0.417. The van der Waals surface area contributed by atoms with Gasteiger partial charge in [0.25, 0.3) is 0 Å². The van der Waals surface area contributed by atoms with Crippen molar-refractivity contribution in [2.24, 2.45) is 10.7 Å². The molecule has 0 bridgehead atoms. The maximum Gasteiger partial charge on any atom is 0.244 e. The van der Waals surface area contributed by atoms with Gasteiger partial charge in [0.15, 0.2) is 5.96 Å². The smallest absolute Gasteiger partial charge is 0.244 e. The largest absolute Gasteiger partial charge is 0.370 e. The first-order valence-corrected chi connectivity index (χ1v) is 8.61. The molecule has 1 aromatic carbocycles. The number of aliphatic imine (C=N–C) groups is 1. The zero-order chi connectivity index (χ0) is 16.7. The summed E-state index contributed by atoms with van der Waals surface area (Å²) in [5.74, 6) is 0.375. The number of amides is 1. The number of nitrogens with two attached hydrogens (primary N) is 1. The number of nitrogens with one attached hydrogen (secondary N) is 1. The Hall–Kier alpha value is -1.31. The van der Waals surface area contributed by atoms with Crippen molar-refractivity contribution in [1.29, 1.82) is 0 Å². The van der Waals surface area contributed by atoms with Crippen molar-refractivity contribution in [3.63, 3.8) is 0 Å². The van der Waals surface area contributed by atoms with Crippen LogP contribution in [0.1, 0.15) is 44.2 Å². The Morgan fingerprint density at radius 3 is 2.29 bits per heavy atom. The van der Waals surface area contributed by atoms with Crippen molar-refractivity contribution in [2.75, 3.05) is 25.0 Å². The maximum atomic E-state index is 12.1. The van der Waals surface area contributed by atoms with Crippen molar-refractivity contribution in [1.82, 2.24) is 4.90 Å². The Morgan fingerprint density at radius 1 is 1.17 bits per heavy atom. The minimum absolute atomic E-state index is 0. The number of hydrogen-bond acceptors (Lipinski definition) is 2. The fourth-order valence-corrected chi connectivity index (χ4v) is 2.97. The number of guanidine groups is 1. The number of benzene rings is 1. The molecule has 0 aliphatic carbocycles. The zero-order valence-electron chi connectivity index (χ0n) is 14.7. The first-order valence-electron chi connectivity index (χ1n) is 8.61. The predicted octanol–water partition coefficient (Wildman–Crippen LogP) is 3.17. The molecule has 24 heavy (non-hydrogen) atoms. The monoisotopic (exact) mass is 444 g/mol. The molecular formula is C18H29IN4O. The molecule has 2 rings (SSSR count). The minimum atomic E-state index is 0. The van der Waals surface area contributed by atoms with Crippen molar-refractivity contribution in [3.8, 4) is 0 Å². The molecule has 1 heterocycles. The lowest BCUT2D eigenvalue weighted by atomic mass is 10.0.